The van der Waals surface area contributed by atoms with Gasteiger partial charge in [0.15, 0.2) is 11.5 Å². The summed E-state index contributed by atoms with van der Waals surface area (Å²) in [6.07, 6.45) is 1.33. The van der Waals surface area contributed by atoms with Crippen LogP contribution in [0.2, 0.25) is 5.02 Å². The molecular formula is C22H19ClN2O5. The van der Waals surface area contributed by atoms with Gasteiger partial charge in [0.05, 0.1) is 13.3 Å². The van der Waals surface area contributed by atoms with Crippen LogP contribution in [0.4, 0.5) is 0 Å². The van der Waals surface area contributed by atoms with Gasteiger partial charge in [0.2, 0.25) is 5.75 Å². The third-order valence-corrected chi connectivity index (χ3v) is 4.36. The normalized spacial score (nSPS) is 10.7. The first-order valence-corrected chi connectivity index (χ1v) is 9.24. The van der Waals surface area contributed by atoms with Crippen LogP contribution in [0, 0.1) is 0 Å². The topological polar surface area (TPSA) is 100 Å². The quantitative estimate of drug-likeness (QED) is 0.300. The second-order valence-corrected chi connectivity index (χ2v) is 6.67. The van der Waals surface area contributed by atoms with Gasteiger partial charge < -0.3 is 19.7 Å². The molecule has 0 radical (unpaired) electrons. The molecule has 3 aromatic rings. The minimum absolute atomic E-state index is 0.0965. The average Bonchev–Trinajstić information content (AvgIpc) is 2.76. The Balaban J connectivity index is 1.56. The number of hydrazone groups is 1. The standard InChI is InChI=1S/C22H19ClN2O5/c1-29-20-11-15(10-19(26)21(20)27)12-24-25-22(28)16-4-2-14(3-5-16)13-30-18-8-6-17(23)7-9-18/h2-12,26-27H,13H2,1H3,(H,25,28)/b24-12+. The van der Waals surface area contributed by atoms with Gasteiger partial charge in [-0.1, -0.05) is 23.7 Å². The molecule has 3 aromatic carbocycles. The molecule has 0 aliphatic heterocycles. The highest BCUT2D eigenvalue weighted by Gasteiger charge is 2.09. The number of rotatable bonds is 7. The summed E-state index contributed by atoms with van der Waals surface area (Å²) in [5.74, 6) is -0.310. The number of aromatic hydroxyl groups is 2. The van der Waals surface area contributed by atoms with Crippen LogP contribution in [0.3, 0.4) is 0 Å². The van der Waals surface area contributed by atoms with Crippen LogP contribution in [-0.4, -0.2) is 29.4 Å². The second-order valence-electron chi connectivity index (χ2n) is 6.23. The first-order chi connectivity index (χ1) is 14.5. The third-order valence-electron chi connectivity index (χ3n) is 4.11. The number of carbonyl (C=O) groups is 1. The molecule has 154 valence electrons. The van der Waals surface area contributed by atoms with Crippen molar-refractivity contribution >= 4 is 23.7 Å². The van der Waals surface area contributed by atoms with E-state index in [2.05, 4.69) is 10.5 Å². The summed E-state index contributed by atoms with van der Waals surface area (Å²) in [6.45, 7) is 0.355. The average molecular weight is 427 g/mol. The predicted octanol–water partition coefficient (Wildman–Crippen LogP) is 4.10. The van der Waals surface area contributed by atoms with Gasteiger partial charge in [-0.05, 0) is 54.1 Å². The Labute approximate surface area is 178 Å². The molecule has 3 N–H and O–H groups in total. The Morgan fingerprint density at radius 1 is 1.10 bits per heavy atom. The third kappa shape index (κ3) is 5.42. The smallest absolute Gasteiger partial charge is 0.271 e. The van der Waals surface area contributed by atoms with Crippen molar-refractivity contribution in [1.82, 2.24) is 5.43 Å². The SMILES string of the molecule is COc1cc(/C=N/NC(=O)c2ccc(COc3ccc(Cl)cc3)cc2)cc(O)c1O. The first-order valence-electron chi connectivity index (χ1n) is 8.87. The molecule has 0 bridgehead atoms. The summed E-state index contributed by atoms with van der Waals surface area (Å²) in [7, 11) is 1.36. The van der Waals surface area contributed by atoms with Crippen LogP contribution in [0.25, 0.3) is 0 Å². The lowest BCUT2D eigenvalue weighted by atomic mass is 10.1. The van der Waals surface area contributed by atoms with Crippen molar-refractivity contribution in [1.29, 1.82) is 0 Å². The van der Waals surface area contributed by atoms with Crippen molar-refractivity contribution < 1.29 is 24.5 Å². The fourth-order valence-electron chi connectivity index (χ4n) is 2.52. The van der Waals surface area contributed by atoms with Crippen molar-refractivity contribution in [3.63, 3.8) is 0 Å². The number of carbonyl (C=O) groups excluding carboxylic acids is 1. The van der Waals surface area contributed by atoms with E-state index >= 15 is 0 Å². The lowest BCUT2D eigenvalue weighted by molar-refractivity contribution is 0.0955. The molecule has 7 nitrogen and oxygen atoms in total. The van der Waals surface area contributed by atoms with Crippen molar-refractivity contribution in [2.24, 2.45) is 5.10 Å². The number of hydrogen-bond acceptors (Lipinski definition) is 6. The summed E-state index contributed by atoms with van der Waals surface area (Å²) in [6, 6.07) is 16.7. The molecule has 1 amide bonds. The fraction of sp³-hybridized carbons (Fsp3) is 0.0909. The van der Waals surface area contributed by atoms with Crippen LogP contribution in [-0.2, 0) is 6.61 Å². The molecular weight excluding hydrogens is 408 g/mol. The molecule has 0 heterocycles. The maximum atomic E-state index is 12.2. The monoisotopic (exact) mass is 426 g/mol. The van der Waals surface area contributed by atoms with E-state index in [0.29, 0.717) is 28.5 Å². The van der Waals surface area contributed by atoms with Crippen LogP contribution in [0.1, 0.15) is 21.5 Å². The Hall–Kier alpha value is -3.71. The number of benzene rings is 3. The molecule has 30 heavy (non-hydrogen) atoms. The maximum absolute atomic E-state index is 12.2. The van der Waals surface area contributed by atoms with Gasteiger partial charge in [0.25, 0.3) is 5.91 Å². The van der Waals surface area contributed by atoms with Crippen LogP contribution in [0.15, 0.2) is 65.8 Å². The number of amides is 1. The van der Waals surface area contributed by atoms with Crippen LogP contribution < -0.4 is 14.9 Å². The van der Waals surface area contributed by atoms with Gasteiger partial charge >= 0.3 is 0 Å². The van der Waals surface area contributed by atoms with Crippen LogP contribution in [0.5, 0.6) is 23.0 Å². The number of phenols is 2. The number of nitrogens with one attached hydrogen (secondary N) is 1. The summed E-state index contributed by atoms with van der Waals surface area (Å²) in [4.78, 5) is 12.2. The highest BCUT2D eigenvalue weighted by atomic mass is 35.5. The van der Waals surface area contributed by atoms with Crippen molar-refractivity contribution in [3.05, 3.63) is 82.4 Å². The first kappa shape index (κ1) is 21.0. The lowest BCUT2D eigenvalue weighted by Crippen LogP contribution is -2.17. The molecule has 0 spiro atoms. The van der Waals surface area contributed by atoms with E-state index in [4.69, 9.17) is 21.1 Å². The molecule has 0 aliphatic rings. The maximum Gasteiger partial charge on any atom is 0.271 e. The predicted molar refractivity (Wildman–Crippen MR) is 114 cm³/mol. The van der Waals surface area contributed by atoms with Gasteiger partial charge in [-0.3, -0.25) is 4.79 Å². The van der Waals surface area contributed by atoms with E-state index < -0.39 is 5.91 Å². The molecule has 0 fully saturated rings. The molecule has 0 saturated heterocycles. The summed E-state index contributed by atoms with van der Waals surface area (Å²) >= 11 is 5.84. The largest absolute Gasteiger partial charge is 0.504 e. The van der Waals surface area contributed by atoms with Crippen LogP contribution >= 0.6 is 11.6 Å². The Bertz CT molecular complexity index is 1050. The Kier molecular flexibility index (Phi) is 6.77. The zero-order valence-corrected chi connectivity index (χ0v) is 16.8. The molecule has 0 saturated carbocycles. The van der Waals surface area contributed by atoms with E-state index in [-0.39, 0.29) is 17.2 Å². The number of nitrogens with zero attached hydrogens (tertiary/aromatic N) is 1. The molecule has 8 heteroatoms. The highest BCUT2D eigenvalue weighted by molar-refractivity contribution is 6.30. The van der Waals surface area contributed by atoms with E-state index in [0.717, 1.165) is 5.56 Å². The van der Waals surface area contributed by atoms with Gasteiger partial charge in [0, 0.05) is 16.1 Å². The highest BCUT2D eigenvalue weighted by Crippen LogP contribution is 2.35. The van der Waals surface area contributed by atoms with Crippen molar-refractivity contribution in [3.8, 4) is 23.0 Å². The van der Waals surface area contributed by atoms with Gasteiger partial charge in [0.1, 0.15) is 12.4 Å². The van der Waals surface area contributed by atoms with Gasteiger partial charge in [-0.25, -0.2) is 5.43 Å². The van der Waals surface area contributed by atoms with E-state index in [1.807, 2.05) is 0 Å². The minimum Gasteiger partial charge on any atom is -0.504 e. The molecule has 0 aliphatic carbocycles. The zero-order chi connectivity index (χ0) is 21.5. The minimum atomic E-state index is -0.397. The number of ether oxygens (including phenoxy) is 2. The molecule has 0 atom stereocenters. The fourth-order valence-corrected chi connectivity index (χ4v) is 2.65. The van der Waals surface area contributed by atoms with E-state index in [9.17, 15) is 15.0 Å². The molecule has 0 aromatic heterocycles. The van der Waals surface area contributed by atoms with Gasteiger partial charge in [-0.2, -0.15) is 5.10 Å². The summed E-state index contributed by atoms with van der Waals surface area (Å²) < 4.78 is 10.6. The van der Waals surface area contributed by atoms with Crippen molar-refractivity contribution in [2.45, 2.75) is 6.61 Å². The van der Waals surface area contributed by atoms with E-state index in [1.165, 1.54) is 25.5 Å². The number of halogens is 1. The lowest BCUT2D eigenvalue weighted by Gasteiger charge is -2.07. The summed E-state index contributed by atoms with van der Waals surface area (Å²) in [5.41, 5.74) is 4.17. The number of hydrogen-bond donors (Lipinski definition) is 3. The van der Waals surface area contributed by atoms with Crippen molar-refractivity contribution in [2.75, 3.05) is 7.11 Å². The number of methoxy groups -OCH3 is 1. The Morgan fingerprint density at radius 3 is 2.47 bits per heavy atom. The molecule has 3 rings (SSSR count). The Morgan fingerprint density at radius 2 is 1.80 bits per heavy atom. The summed E-state index contributed by atoms with van der Waals surface area (Å²) in [5, 5.41) is 23.8. The zero-order valence-electron chi connectivity index (χ0n) is 16.0. The molecule has 0 unspecified atom stereocenters. The van der Waals surface area contributed by atoms with Gasteiger partial charge in [-0.15, -0.1) is 0 Å². The van der Waals surface area contributed by atoms with E-state index in [1.54, 1.807) is 48.5 Å². The second kappa shape index (κ2) is 9.67. The number of phenolic OH excluding ortho intramolecular Hbond substituents is 2.